The Morgan fingerprint density at radius 2 is 2.42 bits per heavy atom. The smallest absolute Gasteiger partial charge is 0.169 e. The quantitative estimate of drug-likeness (QED) is 0.509. The Morgan fingerprint density at radius 3 is 2.92 bits per heavy atom. The van der Waals surface area contributed by atoms with Crippen molar-refractivity contribution in [2.75, 3.05) is 20.3 Å². The summed E-state index contributed by atoms with van der Waals surface area (Å²) in [6.07, 6.45) is 1.50. The van der Waals surface area contributed by atoms with Crippen LogP contribution in [-0.4, -0.2) is 37.7 Å². The van der Waals surface area contributed by atoms with Gasteiger partial charge in [-0.15, -0.1) is 0 Å². The highest BCUT2D eigenvalue weighted by atomic mass is 16.1. The van der Waals surface area contributed by atoms with Crippen molar-refractivity contribution < 1.29 is 9.59 Å². The Kier molecular flexibility index (Phi) is 2.68. The summed E-state index contributed by atoms with van der Waals surface area (Å²) in [5.74, 6) is 0.673. The van der Waals surface area contributed by atoms with E-state index in [1.54, 1.807) is 11.9 Å². The van der Waals surface area contributed by atoms with E-state index in [4.69, 9.17) is 0 Å². The molecule has 0 saturated carbocycles. The third-order valence-electron chi connectivity index (χ3n) is 1.70. The van der Waals surface area contributed by atoms with Crippen LogP contribution in [0, 0.1) is 0 Å². The standard InChI is InChI=1S/C7H11N3O2/c1-8-7-6(4-12)10(2-3-11)5-9-7/h3-4,8-9H,2,5H2,1H3. The van der Waals surface area contributed by atoms with Crippen molar-refractivity contribution in [2.24, 2.45) is 0 Å². The van der Waals surface area contributed by atoms with Gasteiger partial charge >= 0.3 is 0 Å². The molecule has 0 amide bonds. The van der Waals surface area contributed by atoms with E-state index in [1.165, 1.54) is 0 Å². The van der Waals surface area contributed by atoms with Crippen molar-refractivity contribution in [3.8, 4) is 0 Å². The van der Waals surface area contributed by atoms with E-state index in [0.717, 1.165) is 12.6 Å². The average Bonchev–Trinajstić information content (AvgIpc) is 2.47. The maximum Gasteiger partial charge on any atom is 0.169 e. The van der Waals surface area contributed by atoms with Crippen molar-refractivity contribution >= 4 is 12.6 Å². The van der Waals surface area contributed by atoms with E-state index in [9.17, 15) is 9.59 Å². The lowest BCUT2D eigenvalue weighted by Gasteiger charge is -2.12. The van der Waals surface area contributed by atoms with Crippen LogP contribution in [0.5, 0.6) is 0 Å². The number of rotatable bonds is 4. The molecule has 1 rings (SSSR count). The Hall–Kier alpha value is -1.52. The van der Waals surface area contributed by atoms with Crippen molar-refractivity contribution in [2.45, 2.75) is 0 Å². The van der Waals surface area contributed by atoms with Gasteiger partial charge in [-0.2, -0.15) is 0 Å². The fourth-order valence-electron chi connectivity index (χ4n) is 1.11. The van der Waals surface area contributed by atoms with Gasteiger partial charge in [-0.25, -0.2) is 0 Å². The first-order chi connectivity index (χ1) is 5.83. The van der Waals surface area contributed by atoms with E-state index >= 15 is 0 Å². The van der Waals surface area contributed by atoms with Gasteiger partial charge < -0.3 is 20.3 Å². The minimum Gasteiger partial charge on any atom is -0.373 e. The third-order valence-corrected chi connectivity index (χ3v) is 1.70. The summed E-state index contributed by atoms with van der Waals surface area (Å²) in [4.78, 5) is 22.4. The maximum absolute atomic E-state index is 10.6. The largest absolute Gasteiger partial charge is 0.373 e. The van der Waals surface area contributed by atoms with Gasteiger partial charge in [0.2, 0.25) is 0 Å². The van der Waals surface area contributed by atoms with E-state index in [1.807, 2.05) is 0 Å². The SMILES string of the molecule is CNC1=C(C=O)N(CC=O)CN1. The molecule has 1 aliphatic rings. The molecule has 0 saturated heterocycles. The summed E-state index contributed by atoms with van der Waals surface area (Å²) in [6.45, 7) is 0.745. The maximum atomic E-state index is 10.6. The molecule has 5 nitrogen and oxygen atoms in total. The van der Waals surface area contributed by atoms with Gasteiger partial charge in [0.05, 0.1) is 13.2 Å². The minimum atomic E-state index is 0.242. The molecular weight excluding hydrogens is 158 g/mol. The van der Waals surface area contributed by atoms with E-state index in [0.29, 0.717) is 18.2 Å². The van der Waals surface area contributed by atoms with Crippen LogP contribution in [0.4, 0.5) is 0 Å². The van der Waals surface area contributed by atoms with Gasteiger partial charge in [0.1, 0.15) is 17.8 Å². The molecule has 1 aliphatic heterocycles. The highest BCUT2D eigenvalue weighted by Gasteiger charge is 2.19. The molecular formula is C7H11N3O2. The molecule has 0 bridgehead atoms. The van der Waals surface area contributed by atoms with Crippen molar-refractivity contribution in [1.29, 1.82) is 0 Å². The van der Waals surface area contributed by atoms with Crippen LogP contribution in [0.2, 0.25) is 0 Å². The molecule has 0 aromatic carbocycles. The second-order valence-corrected chi connectivity index (χ2v) is 2.35. The van der Waals surface area contributed by atoms with E-state index in [2.05, 4.69) is 10.6 Å². The molecule has 0 radical (unpaired) electrons. The second-order valence-electron chi connectivity index (χ2n) is 2.35. The molecule has 5 heteroatoms. The van der Waals surface area contributed by atoms with Crippen LogP contribution < -0.4 is 10.6 Å². The molecule has 0 fully saturated rings. The van der Waals surface area contributed by atoms with E-state index < -0.39 is 0 Å². The van der Waals surface area contributed by atoms with Gasteiger partial charge in [-0.3, -0.25) is 4.79 Å². The van der Waals surface area contributed by atoms with Gasteiger partial charge in [0.25, 0.3) is 0 Å². The molecule has 0 unspecified atom stereocenters. The fraction of sp³-hybridized carbons (Fsp3) is 0.429. The molecule has 12 heavy (non-hydrogen) atoms. The van der Waals surface area contributed by atoms with Gasteiger partial charge in [0.15, 0.2) is 6.29 Å². The summed E-state index contributed by atoms with van der Waals surface area (Å²) in [5, 5.41) is 5.78. The third kappa shape index (κ3) is 1.39. The number of nitrogens with zero attached hydrogens (tertiary/aromatic N) is 1. The van der Waals surface area contributed by atoms with Crippen molar-refractivity contribution in [1.82, 2.24) is 15.5 Å². The molecule has 0 aromatic heterocycles. The highest BCUT2D eigenvalue weighted by Crippen LogP contribution is 2.08. The highest BCUT2D eigenvalue weighted by molar-refractivity contribution is 5.75. The number of nitrogens with one attached hydrogen (secondary N) is 2. The number of allylic oxidation sites excluding steroid dienone is 1. The zero-order valence-corrected chi connectivity index (χ0v) is 6.83. The van der Waals surface area contributed by atoms with Gasteiger partial charge in [-0.05, 0) is 0 Å². The summed E-state index contributed by atoms with van der Waals surface area (Å²) in [7, 11) is 1.72. The molecule has 1 heterocycles. The lowest BCUT2D eigenvalue weighted by Crippen LogP contribution is -2.26. The van der Waals surface area contributed by atoms with Crippen LogP contribution >= 0.6 is 0 Å². The molecule has 0 aliphatic carbocycles. The first-order valence-corrected chi connectivity index (χ1v) is 3.63. The Morgan fingerprint density at radius 1 is 1.67 bits per heavy atom. The number of hydrogen-bond acceptors (Lipinski definition) is 5. The fourth-order valence-corrected chi connectivity index (χ4v) is 1.11. The average molecular weight is 169 g/mol. The van der Waals surface area contributed by atoms with Crippen LogP contribution in [0.15, 0.2) is 11.5 Å². The molecule has 0 spiro atoms. The summed E-state index contributed by atoms with van der Waals surface area (Å²) in [5.41, 5.74) is 0.504. The number of carbonyl (C=O) groups is 2. The van der Waals surface area contributed by atoms with Gasteiger partial charge in [-0.1, -0.05) is 0 Å². The minimum absolute atomic E-state index is 0.242. The van der Waals surface area contributed by atoms with Crippen molar-refractivity contribution in [3.63, 3.8) is 0 Å². The number of aldehydes is 2. The van der Waals surface area contributed by atoms with Crippen LogP contribution in [0.1, 0.15) is 0 Å². The lowest BCUT2D eigenvalue weighted by molar-refractivity contribution is -0.109. The number of hydrogen-bond donors (Lipinski definition) is 2. The zero-order valence-electron chi connectivity index (χ0n) is 6.83. The molecule has 66 valence electrons. The zero-order chi connectivity index (χ0) is 8.97. The van der Waals surface area contributed by atoms with Crippen LogP contribution in [0.3, 0.4) is 0 Å². The number of carbonyl (C=O) groups excluding carboxylic acids is 2. The molecule has 0 atom stereocenters. The normalized spacial score (nSPS) is 15.9. The molecule has 0 aromatic rings. The predicted molar refractivity (Wildman–Crippen MR) is 42.9 cm³/mol. The van der Waals surface area contributed by atoms with Crippen LogP contribution in [-0.2, 0) is 9.59 Å². The predicted octanol–water partition coefficient (Wildman–Crippen LogP) is -1.36. The topological polar surface area (TPSA) is 61.4 Å². The summed E-state index contributed by atoms with van der Waals surface area (Å²) < 4.78 is 0. The molecule has 2 N–H and O–H groups in total. The second kappa shape index (κ2) is 3.75. The summed E-state index contributed by atoms with van der Waals surface area (Å²) in [6, 6.07) is 0. The Bertz CT molecular complexity index is 225. The first-order valence-electron chi connectivity index (χ1n) is 3.63. The van der Waals surface area contributed by atoms with Gasteiger partial charge in [0, 0.05) is 7.05 Å². The Balaban J connectivity index is 2.75. The summed E-state index contributed by atoms with van der Waals surface area (Å²) >= 11 is 0. The monoisotopic (exact) mass is 169 g/mol. The lowest BCUT2D eigenvalue weighted by atomic mass is 10.4. The van der Waals surface area contributed by atoms with Crippen LogP contribution in [0.25, 0.3) is 0 Å². The first kappa shape index (κ1) is 8.58. The Labute approximate surface area is 70.4 Å². The van der Waals surface area contributed by atoms with Crippen molar-refractivity contribution in [3.05, 3.63) is 11.5 Å². The van der Waals surface area contributed by atoms with E-state index in [-0.39, 0.29) is 6.54 Å².